The standard InChI is InChI=1S/C24H38O6Si5/c1-24(2,21-12-16-23(17-13-21)26-35(6,7)8)20-10-14-22(15-11-20)25-18-9-19-34-29-32(4)27-31(3)28-33(5)30-34/h10-17H,9,18-19H2,1-8H3. The second-order valence-corrected chi connectivity index (χ2v) is 22.0. The van der Waals surface area contributed by atoms with Crippen LogP contribution in [0.1, 0.15) is 31.4 Å². The maximum atomic E-state index is 6.10. The SMILES string of the molecule is C[Si]1O[Si](C)O[Si](CCCOc2ccc(C(C)(C)c3ccc(O[Si](C)(C)C)cc3)cc2)O[Si](C)O1. The first-order valence-electron chi connectivity index (χ1n) is 12.0. The van der Waals surface area contributed by atoms with E-state index >= 15 is 0 Å². The Morgan fingerprint density at radius 2 is 1.17 bits per heavy atom. The smallest absolute Gasteiger partial charge is 0.365 e. The van der Waals surface area contributed by atoms with Gasteiger partial charge in [0.1, 0.15) is 11.5 Å². The van der Waals surface area contributed by atoms with Gasteiger partial charge in [-0.15, -0.1) is 0 Å². The molecule has 0 spiro atoms. The molecule has 0 unspecified atom stereocenters. The quantitative estimate of drug-likeness (QED) is 0.279. The van der Waals surface area contributed by atoms with Gasteiger partial charge < -0.3 is 25.6 Å². The van der Waals surface area contributed by atoms with Crippen LogP contribution in [0.5, 0.6) is 11.5 Å². The first-order chi connectivity index (χ1) is 16.4. The van der Waals surface area contributed by atoms with Gasteiger partial charge in [0, 0.05) is 5.41 Å². The highest BCUT2D eigenvalue weighted by molar-refractivity contribution is 6.72. The summed E-state index contributed by atoms with van der Waals surface area (Å²) in [4.78, 5) is 0. The van der Waals surface area contributed by atoms with Crippen molar-refractivity contribution in [1.82, 2.24) is 0 Å². The van der Waals surface area contributed by atoms with Crippen LogP contribution in [0.2, 0.25) is 45.3 Å². The summed E-state index contributed by atoms with van der Waals surface area (Å²) in [6.07, 6.45) is 0.877. The van der Waals surface area contributed by atoms with Crippen LogP contribution >= 0.6 is 0 Å². The van der Waals surface area contributed by atoms with Crippen molar-refractivity contribution in [3.05, 3.63) is 59.7 Å². The van der Waals surface area contributed by atoms with E-state index in [-0.39, 0.29) is 5.41 Å². The van der Waals surface area contributed by atoms with Crippen molar-refractivity contribution in [2.24, 2.45) is 0 Å². The zero-order valence-corrected chi connectivity index (χ0v) is 27.2. The molecule has 11 heteroatoms. The molecule has 6 nitrogen and oxygen atoms in total. The number of hydrogen-bond acceptors (Lipinski definition) is 6. The molecule has 0 saturated carbocycles. The van der Waals surface area contributed by atoms with Crippen molar-refractivity contribution in [3.8, 4) is 11.5 Å². The summed E-state index contributed by atoms with van der Waals surface area (Å²) in [5, 5.41) is 0. The van der Waals surface area contributed by atoms with Crippen LogP contribution in [0.25, 0.3) is 0 Å². The van der Waals surface area contributed by atoms with Gasteiger partial charge in [-0.25, -0.2) is 0 Å². The molecule has 2 aromatic rings. The van der Waals surface area contributed by atoms with E-state index in [1.165, 1.54) is 11.1 Å². The Hall–Kier alpha value is -1.04. The van der Waals surface area contributed by atoms with E-state index in [1.54, 1.807) is 0 Å². The highest BCUT2D eigenvalue weighted by atomic mass is 28.5. The minimum atomic E-state index is -1.60. The number of benzene rings is 2. The maximum absolute atomic E-state index is 6.10. The average molecular weight is 563 g/mol. The van der Waals surface area contributed by atoms with Crippen molar-refractivity contribution >= 4 is 45.5 Å². The van der Waals surface area contributed by atoms with E-state index in [4.69, 9.17) is 25.6 Å². The van der Waals surface area contributed by atoms with Gasteiger partial charge in [0.15, 0.2) is 0 Å². The summed E-state index contributed by atoms with van der Waals surface area (Å²) >= 11 is 0. The van der Waals surface area contributed by atoms with Crippen LogP contribution in [-0.2, 0) is 21.9 Å². The predicted octanol–water partition coefficient (Wildman–Crippen LogP) is 5.92. The highest BCUT2D eigenvalue weighted by Crippen LogP contribution is 2.33. The fourth-order valence-electron chi connectivity index (χ4n) is 3.75. The van der Waals surface area contributed by atoms with Crippen LogP contribution in [0.15, 0.2) is 48.5 Å². The normalized spacial score (nSPS) is 17.7. The molecule has 0 atom stereocenters. The lowest BCUT2D eigenvalue weighted by Gasteiger charge is -2.28. The van der Waals surface area contributed by atoms with Gasteiger partial charge in [-0.1, -0.05) is 38.1 Å². The van der Waals surface area contributed by atoms with Crippen LogP contribution in [0.4, 0.5) is 0 Å². The van der Waals surface area contributed by atoms with E-state index in [2.05, 4.69) is 82.0 Å². The Bertz CT molecular complexity index is 905. The molecule has 1 aliphatic rings. The first kappa shape index (κ1) is 28.5. The Labute approximate surface area is 219 Å². The van der Waals surface area contributed by atoms with Gasteiger partial charge >= 0.3 is 37.1 Å². The average Bonchev–Trinajstić information content (AvgIpc) is 2.75. The molecule has 2 aromatic carbocycles. The third-order valence-electron chi connectivity index (χ3n) is 5.46. The summed E-state index contributed by atoms with van der Waals surface area (Å²) in [6, 6.07) is 17.8. The summed E-state index contributed by atoms with van der Waals surface area (Å²) < 4.78 is 36.0. The van der Waals surface area contributed by atoms with Gasteiger partial charge in [0.2, 0.25) is 8.32 Å². The molecule has 1 aliphatic heterocycles. The maximum Gasteiger partial charge on any atom is 0.365 e. The van der Waals surface area contributed by atoms with Crippen molar-refractivity contribution < 1.29 is 25.6 Å². The van der Waals surface area contributed by atoms with Gasteiger partial charge in [-0.05, 0) is 87.1 Å². The molecule has 3 rings (SSSR count). The monoisotopic (exact) mass is 562 g/mol. The lowest BCUT2D eigenvalue weighted by Crippen LogP contribution is -2.45. The zero-order valence-electron chi connectivity index (χ0n) is 22.2. The number of hydrogen-bond donors (Lipinski definition) is 0. The highest BCUT2D eigenvalue weighted by Gasteiger charge is 2.32. The van der Waals surface area contributed by atoms with E-state index in [9.17, 15) is 0 Å². The minimum Gasteiger partial charge on any atom is -0.544 e. The third kappa shape index (κ3) is 9.09. The molecule has 0 N–H and O–H groups in total. The van der Waals surface area contributed by atoms with Crippen molar-refractivity contribution in [2.45, 2.75) is 71.0 Å². The molecule has 190 valence electrons. The molecular formula is C24H38O6Si5. The van der Waals surface area contributed by atoms with Crippen molar-refractivity contribution in [3.63, 3.8) is 0 Å². The number of ether oxygens (including phenoxy) is 1. The largest absolute Gasteiger partial charge is 0.544 e. The van der Waals surface area contributed by atoms with E-state index in [1.807, 2.05) is 19.6 Å². The van der Waals surface area contributed by atoms with Crippen LogP contribution in [0.3, 0.4) is 0 Å². The fourth-order valence-corrected chi connectivity index (χ4v) is 13.8. The molecule has 35 heavy (non-hydrogen) atoms. The second kappa shape index (κ2) is 12.5. The summed E-state index contributed by atoms with van der Waals surface area (Å²) in [5.41, 5.74) is 2.39. The lowest BCUT2D eigenvalue weighted by atomic mass is 9.78. The van der Waals surface area contributed by atoms with E-state index in [0.29, 0.717) is 6.61 Å². The molecule has 1 heterocycles. The Balaban J connectivity index is 1.50. The summed E-state index contributed by atoms with van der Waals surface area (Å²) in [7, 11) is -6.83. The topological polar surface area (TPSA) is 55.4 Å². The second-order valence-electron chi connectivity index (χ2n) is 10.1. The van der Waals surface area contributed by atoms with Crippen molar-refractivity contribution in [2.75, 3.05) is 6.61 Å². The molecule has 0 amide bonds. The lowest BCUT2D eigenvalue weighted by molar-refractivity contribution is 0.281. The Morgan fingerprint density at radius 3 is 1.66 bits per heavy atom. The minimum absolute atomic E-state index is 0.115. The van der Waals surface area contributed by atoms with Crippen LogP contribution in [0, 0.1) is 0 Å². The van der Waals surface area contributed by atoms with Gasteiger partial charge in [-0.3, -0.25) is 0 Å². The first-order valence-corrected chi connectivity index (χ1v) is 22.4. The van der Waals surface area contributed by atoms with Crippen LogP contribution in [-0.4, -0.2) is 52.1 Å². The molecule has 1 fully saturated rings. The van der Waals surface area contributed by atoms with E-state index in [0.717, 1.165) is 24.0 Å². The fraction of sp³-hybridized carbons (Fsp3) is 0.500. The Morgan fingerprint density at radius 1 is 0.714 bits per heavy atom. The third-order valence-corrected chi connectivity index (χ3v) is 15.8. The summed E-state index contributed by atoms with van der Waals surface area (Å²) in [6.45, 7) is 17.7. The Kier molecular flexibility index (Phi) is 10.2. The van der Waals surface area contributed by atoms with Crippen LogP contribution < -0.4 is 9.16 Å². The predicted molar refractivity (Wildman–Crippen MR) is 149 cm³/mol. The molecule has 0 aliphatic carbocycles. The molecule has 0 bridgehead atoms. The molecule has 1 saturated heterocycles. The van der Waals surface area contributed by atoms with E-state index < -0.39 is 45.5 Å². The molecular weight excluding hydrogens is 525 g/mol. The molecule has 0 aromatic heterocycles. The summed E-state index contributed by atoms with van der Waals surface area (Å²) in [5.74, 6) is 1.83. The number of rotatable bonds is 9. The van der Waals surface area contributed by atoms with Gasteiger partial charge in [-0.2, -0.15) is 0 Å². The van der Waals surface area contributed by atoms with Gasteiger partial charge in [0.25, 0.3) is 0 Å². The van der Waals surface area contributed by atoms with Crippen molar-refractivity contribution in [1.29, 1.82) is 0 Å². The molecule has 4 radical (unpaired) electrons. The zero-order chi connectivity index (χ0) is 25.6. The van der Waals surface area contributed by atoms with Gasteiger partial charge in [0.05, 0.1) is 6.61 Å².